The van der Waals surface area contributed by atoms with E-state index in [1.54, 1.807) is 0 Å². The summed E-state index contributed by atoms with van der Waals surface area (Å²) in [6.07, 6.45) is 5.83. The van der Waals surface area contributed by atoms with E-state index in [0.717, 1.165) is 56.4 Å². The van der Waals surface area contributed by atoms with Crippen LogP contribution in [0.5, 0.6) is 0 Å². The van der Waals surface area contributed by atoms with Crippen molar-refractivity contribution in [2.45, 2.75) is 71.9 Å². The van der Waals surface area contributed by atoms with Gasteiger partial charge in [0.15, 0.2) is 5.78 Å². The summed E-state index contributed by atoms with van der Waals surface area (Å²) in [5, 5.41) is 4.62. The van der Waals surface area contributed by atoms with E-state index in [-0.39, 0.29) is 29.6 Å². The molecule has 1 aromatic heterocycles. The van der Waals surface area contributed by atoms with Crippen LogP contribution in [0.1, 0.15) is 80.8 Å². The Morgan fingerprint density at radius 2 is 2.13 bits per heavy atom. The summed E-state index contributed by atoms with van der Waals surface area (Å²) in [6, 6.07) is 0. The monoisotopic (exact) mass is 318 g/mol. The van der Waals surface area contributed by atoms with Crippen LogP contribution in [-0.4, -0.2) is 28.0 Å². The van der Waals surface area contributed by atoms with Crippen LogP contribution in [-0.2, 0) is 22.4 Å². The Labute approximate surface area is 137 Å². The Kier molecular flexibility index (Phi) is 4.41. The van der Waals surface area contributed by atoms with Gasteiger partial charge in [0.05, 0.1) is 6.42 Å². The van der Waals surface area contributed by atoms with Crippen molar-refractivity contribution in [3.8, 4) is 0 Å². The molecule has 1 saturated heterocycles. The summed E-state index contributed by atoms with van der Waals surface area (Å²) in [6.45, 7) is 6.71. The van der Waals surface area contributed by atoms with E-state index in [1.165, 1.54) is 6.92 Å². The van der Waals surface area contributed by atoms with Crippen molar-refractivity contribution < 1.29 is 14.3 Å². The molecular formula is C18H26N2O3. The number of carbonyl (C=O) groups is 2. The fraction of sp³-hybridized carbons (Fsp3) is 0.722. The molecule has 0 saturated carbocycles. The molecule has 1 atom stereocenters. The highest BCUT2D eigenvalue weighted by molar-refractivity contribution is 6.07. The first-order valence-corrected chi connectivity index (χ1v) is 8.62. The second kappa shape index (κ2) is 6.19. The van der Waals surface area contributed by atoms with Crippen LogP contribution in [0.2, 0.25) is 0 Å². The van der Waals surface area contributed by atoms with Gasteiger partial charge < -0.3 is 4.74 Å². The van der Waals surface area contributed by atoms with Crippen molar-refractivity contribution in [1.29, 1.82) is 0 Å². The average Bonchev–Trinajstić information content (AvgIpc) is 2.85. The molecule has 1 fully saturated rings. The third-order valence-electron chi connectivity index (χ3n) is 4.92. The van der Waals surface area contributed by atoms with E-state index in [0.29, 0.717) is 5.69 Å². The zero-order chi connectivity index (χ0) is 16.6. The topological polar surface area (TPSA) is 61.2 Å². The van der Waals surface area contributed by atoms with Crippen molar-refractivity contribution in [2.75, 3.05) is 6.61 Å². The van der Waals surface area contributed by atoms with E-state index in [4.69, 9.17) is 4.74 Å². The lowest BCUT2D eigenvalue weighted by atomic mass is 9.76. The van der Waals surface area contributed by atoms with Crippen molar-refractivity contribution in [3.05, 3.63) is 17.0 Å². The predicted molar refractivity (Wildman–Crippen MR) is 86.5 cm³/mol. The molecule has 0 spiro atoms. The standard InChI is InChI=1S/C18H26N2O3/c1-12(21)10-15(22)17-13-7-8-18(2,3)11-14(13)20(19-17)16-6-4-5-9-23-16/h16H,4-11H2,1-3H3. The van der Waals surface area contributed by atoms with Gasteiger partial charge in [-0.15, -0.1) is 0 Å². The number of hydrogen-bond donors (Lipinski definition) is 0. The van der Waals surface area contributed by atoms with Gasteiger partial charge in [0.2, 0.25) is 0 Å². The lowest BCUT2D eigenvalue weighted by molar-refractivity contribution is -0.116. The molecule has 2 aliphatic rings. The maximum Gasteiger partial charge on any atom is 0.190 e. The maximum atomic E-state index is 12.4. The van der Waals surface area contributed by atoms with E-state index in [2.05, 4.69) is 18.9 Å². The average molecular weight is 318 g/mol. The summed E-state index contributed by atoms with van der Waals surface area (Å²) in [5.74, 6) is -0.258. The smallest absolute Gasteiger partial charge is 0.190 e. The summed E-state index contributed by atoms with van der Waals surface area (Å²) in [5.41, 5.74) is 2.89. The predicted octanol–water partition coefficient (Wildman–Crippen LogP) is 3.26. The van der Waals surface area contributed by atoms with Gasteiger partial charge in [-0.05, 0) is 50.9 Å². The zero-order valence-corrected chi connectivity index (χ0v) is 14.4. The molecule has 126 valence electrons. The van der Waals surface area contributed by atoms with Crippen LogP contribution >= 0.6 is 0 Å². The van der Waals surface area contributed by atoms with E-state index in [9.17, 15) is 9.59 Å². The Balaban J connectivity index is 2.00. The molecule has 0 aromatic carbocycles. The van der Waals surface area contributed by atoms with Crippen LogP contribution in [0, 0.1) is 5.41 Å². The third-order valence-corrected chi connectivity index (χ3v) is 4.92. The molecule has 0 amide bonds. The van der Waals surface area contributed by atoms with Gasteiger partial charge in [0.25, 0.3) is 0 Å². The van der Waals surface area contributed by atoms with Gasteiger partial charge in [-0.25, -0.2) is 4.68 Å². The number of carbonyl (C=O) groups excluding carboxylic acids is 2. The first-order chi connectivity index (χ1) is 10.9. The van der Waals surface area contributed by atoms with E-state index in [1.807, 2.05) is 4.68 Å². The molecular weight excluding hydrogens is 292 g/mol. The number of hydrogen-bond acceptors (Lipinski definition) is 4. The lowest BCUT2D eigenvalue weighted by Gasteiger charge is -2.32. The molecule has 2 heterocycles. The molecule has 0 radical (unpaired) electrons. The lowest BCUT2D eigenvalue weighted by Crippen LogP contribution is -2.27. The van der Waals surface area contributed by atoms with Gasteiger partial charge in [-0.2, -0.15) is 5.10 Å². The normalized spacial score (nSPS) is 23.3. The van der Waals surface area contributed by atoms with Crippen molar-refractivity contribution in [2.24, 2.45) is 5.41 Å². The molecule has 1 aliphatic carbocycles. The van der Waals surface area contributed by atoms with Gasteiger partial charge in [-0.3, -0.25) is 9.59 Å². The molecule has 1 aliphatic heterocycles. The Morgan fingerprint density at radius 3 is 2.78 bits per heavy atom. The summed E-state index contributed by atoms with van der Waals surface area (Å²) >= 11 is 0. The number of ether oxygens (including phenoxy) is 1. The Hall–Kier alpha value is -1.49. The van der Waals surface area contributed by atoms with Crippen LogP contribution in [0.3, 0.4) is 0 Å². The fourth-order valence-electron chi connectivity index (χ4n) is 3.65. The highest BCUT2D eigenvalue weighted by Crippen LogP contribution is 2.38. The van der Waals surface area contributed by atoms with Crippen molar-refractivity contribution in [1.82, 2.24) is 9.78 Å². The molecule has 5 nitrogen and oxygen atoms in total. The minimum atomic E-state index is -0.150. The number of aromatic nitrogens is 2. The highest BCUT2D eigenvalue weighted by Gasteiger charge is 2.35. The summed E-state index contributed by atoms with van der Waals surface area (Å²) < 4.78 is 7.84. The minimum absolute atomic E-state index is 0.0572. The van der Waals surface area contributed by atoms with Gasteiger partial charge in [-0.1, -0.05) is 13.8 Å². The SMILES string of the molecule is CC(=O)CC(=O)c1nn(C2CCCCO2)c2c1CCC(C)(C)C2. The molecule has 1 aromatic rings. The number of nitrogens with zero attached hydrogens (tertiary/aromatic N) is 2. The molecule has 23 heavy (non-hydrogen) atoms. The molecule has 3 rings (SSSR count). The molecule has 0 N–H and O–H groups in total. The highest BCUT2D eigenvalue weighted by atomic mass is 16.5. The van der Waals surface area contributed by atoms with Gasteiger partial charge in [0.1, 0.15) is 17.7 Å². The first-order valence-electron chi connectivity index (χ1n) is 8.62. The van der Waals surface area contributed by atoms with Gasteiger partial charge in [0, 0.05) is 17.9 Å². The second-order valence-electron chi connectivity index (χ2n) is 7.68. The summed E-state index contributed by atoms with van der Waals surface area (Å²) in [4.78, 5) is 23.8. The Morgan fingerprint density at radius 1 is 1.35 bits per heavy atom. The molecule has 0 bridgehead atoms. The molecule has 5 heteroatoms. The number of fused-ring (bicyclic) bond motifs is 1. The quantitative estimate of drug-likeness (QED) is 0.631. The van der Waals surface area contributed by atoms with Crippen molar-refractivity contribution in [3.63, 3.8) is 0 Å². The van der Waals surface area contributed by atoms with Crippen LogP contribution in [0.25, 0.3) is 0 Å². The number of ketones is 2. The number of Topliss-reactive ketones (excluding diaryl/α,β-unsaturated/α-hetero) is 2. The zero-order valence-electron chi connectivity index (χ0n) is 14.4. The fourth-order valence-corrected chi connectivity index (χ4v) is 3.65. The van der Waals surface area contributed by atoms with E-state index >= 15 is 0 Å². The van der Waals surface area contributed by atoms with Crippen LogP contribution in [0.4, 0.5) is 0 Å². The van der Waals surface area contributed by atoms with E-state index < -0.39 is 0 Å². The van der Waals surface area contributed by atoms with Crippen LogP contribution in [0.15, 0.2) is 0 Å². The first kappa shape index (κ1) is 16.4. The van der Waals surface area contributed by atoms with Crippen LogP contribution < -0.4 is 0 Å². The number of rotatable bonds is 4. The minimum Gasteiger partial charge on any atom is -0.357 e. The second-order valence-corrected chi connectivity index (χ2v) is 7.68. The van der Waals surface area contributed by atoms with Gasteiger partial charge >= 0.3 is 0 Å². The summed E-state index contributed by atoms with van der Waals surface area (Å²) in [7, 11) is 0. The Bertz CT molecular complexity index is 624. The maximum absolute atomic E-state index is 12.4. The largest absolute Gasteiger partial charge is 0.357 e. The third kappa shape index (κ3) is 3.39. The van der Waals surface area contributed by atoms with Crippen molar-refractivity contribution >= 4 is 11.6 Å². The molecule has 1 unspecified atom stereocenters.